The molecule has 2 aromatic rings. The molecule has 0 unspecified atom stereocenters. The molecule has 0 saturated heterocycles. The van der Waals surface area contributed by atoms with E-state index >= 15 is 0 Å². The first-order valence-corrected chi connectivity index (χ1v) is 7.57. The molecule has 0 heterocycles. The molecule has 0 aliphatic rings. The van der Waals surface area contributed by atoms with Gasteiger partial charge in [-0.3, -0.25) is 4.99 Å². The molecule has 0 saturated carbocycles. The van der Waals surface area contributed by atoms with Crippen molar-refractivity contribution < 1.29 is 9.47 Å². The highest BCUT2D eigenvalue weighted by Gasteiger charge is 1.99. The first-order valence-electron chi connectivity index (χ1n) is 7.57. The molecule has 0 aromatic heterocycles. The second-order valence-corrected chi connectivity index (χ2v) is 4.86. The molecule has 5 heteroatoms. The van der Waals surface area contributed by atoms with E-state index in [1.165, 1.54) is 0 Å². The van der Waals surface area contributed by atoms with Crippen molar-refractivity contribution in [2.45, 2.75) is 6.54 Å². The van der Waals surface area contributed by atoms with Crippen LogP contribution in [0.25, 0.3) is 0 Å². The van der Waals surface area contributed by atoms with E-state index in [2.05, 4.69) is 15.6 Å². The summed E-state index contributed by atoms with van der Waals surface area (Å²) in [7, 11) is 3.41. The Bertz CT molecular complexity index is 597. The van der Waals surface area contributed by atoms with E-state index in [-0.39, 0.29) is 0 Å². The summed E-state index contributed by atoms with van der Waals surface area (Å²) < 4.78 is 10.8. The highest BCUT2D eigenvalue weighted by atomic mass is 16.5. The van der Waals surface area contributed by atoms with Gasteiger partial charge in [0.1, 0.15) is 18.1 Å². The molecule has 23 heavy (non-hydrogen) atoms. The van der Waals surface area contributed by atoms with Crippen LogP contribution in [0, 0.1) is 0 Å². The van der Waals surface area contributed by atoms with E-state index in [1.807, 2.05) is 54.6 Å². The molecule has 2 rings (SSSR count). The Labute approximate surface area is 137 Å². The van der Waals surface area contributed by atoms with Crippen molar-refractivity contribution in [3.63, 3.8) is 0 Å². The van der Waals surface area contributed by atoms with Crippen molar-refractivity contribution in [1.82, 2.24) is 10.6 Å². The molecule has 2 N–H and O–H groups in total. The summed E-state index contributed by atoms with van der Waals surface area (Å²) in [6, 6.07) is 17.7. The summed E-state index contributed by atoms with van der Waals surface area (Å²) in [4.78, 5) is 4.20. The number of guanidine groups is 1. The van der Waals surface area contributed by atoms with Crippen molar-refractivity contribution in [3.05, 3.63) is 60.2 Å². The van der Waals surface area contributed by atoms with Crippen molar-refractivity contribution in [2.75, 3.05) is 27.3 Å². The van der Waals surface area contributed by atoms with Gasteiger partial charge in [0.15, 0.2) is 5.96 Å². The molecule has 0 amide bonds. The fourth-order valence-corrected chi connectivity index (χ4v) is 2.00. The van der Waals surface area contributed by atoms with Gasteiger partial charge in [-0.2, -0.15) is 0 Å². The van der Waals surface area contributed by atoms with E-state index in [0.29, 0.717) is 19.7 Å². The molecule has 5 nitrogen and oxygen atoms in total. The third-order valence-electron chi connectivity index (χ3n) is 3.25. The van der Waals surface area contributed by atoms with Crippen LogP contribution in [-0.4, -0.2) is 33.3 Å². The maximum Gasteiger partial charge on any atom is 0.191 e. The molecular weight excluding hydrogens is 290 g/mol. The van der Waals surface area contributed by atoms with Gasteiger partial charge in [-0.1, -0.05) is 30.3 Å². The Morgan fingerprint density at radius 2 is 1.70 bits per heavy atom. The second kappa shape index (κ2) is 9.35. The summed E-state index contributed by atoms with van der Waals surface area (Å²) in [6.07, 6.45) is 0. The smallest absolute Gasteiger partial charge is 0.191 e. The average molecular weight is 313 g/mol. The van der Waals surface area contributed by atoms with Gasteiger partial charge in [0.05, 0.1) is 13.7 Å². The van der Waals surface area contributed by atoms with Crippen LogP contribution in [-0.2, 0) is 6.54 Å². The van der Waals surface area contributed by atoms with Gasteiger partial charge < -0.3 is 20.1 Å². The Morgan fingerprint density at radius 1 is 0.957 bits per heavy atom. The van der Waals surface area contributed by atoms with Gasteiger partial charge >= 0.3 is 0 Å². The predicted octanol–water partition coefficient (Wildman–Crippen LogP) is 2.44. The summed E-state index contributed by atoms with van der Waals surface area (Å²) >= 11 is 0. The monoisotopic (exact) mass is 313 g/mol. The number of hydrogen-bond donors (Lipinski definition) is 2. The molecular formula is C18H23N3O2. The Kier molecular flexibility index (Phi) is 6.78. The maximum atomic E-state index is 5.63. The fraction of sp³-hybridized carbons (Fsp3) is 0.278. The second-order valence-electron chi connectivity index (χ2n) is 4.86. The van der Waals surface area contributed by atoms with Gasteiger partial charge in [0.2, 0.25) is 0 Å². The van der Waals surface area contributed by atoms with Crippen LogP contribution in [0.15, 0.2) is 59.6 Å². The normalized spacial score (nSPS) is 11.0. The number of methoxy groups -OCH3 is 1. The number of para-hydroxylation sites is 1. The lowest BCUT2D eigenvalue weighted by atomic mass is 10.2. The molecule has 0 aliphatic carbocycles. The topological polar surface area (TPSA) is 54.9 Å². The van der Waals surface area contributed by atoms with Gasteiger partial charge in [-0.05, 0) is 29.8 Å². The fourth-order valence-electron chi connectivity index (χ4n) is 2.00. The lowest BCUT2D eigenvalue weighted by Gasteiger charge is -2.12. The van der Waals surface area contributed by atoms with E-state index in [4.69, 9.17) is 9.47 Å². The summed E-state index contributed by atoms with van der Waals surface area (Å²) in [6.45, 7) is 1.95. The van der Waals surface area contributed by atoms with Crippen molar-refractivity contribution in [3.8, 4) is 11.5 Å². The van der Waals surface area contributed by atoms with Crippen LogP contribution in [0.5, 0.6) is 11.5 Å². The maximum absolute atomic E-state index is 5.63. The zero-order valence-electron chi connectivity index (χ0n) is 13.6. The van der Waals surface area contributed by atoms with Crippen LogP contribution in [0.4, 0.5) is 0 Å². The lowest BCUT2D eigenvalue weighted by molar-refractivity contribution is 0.322. The Balaban J connectivity index is 1.68. The van der Waals surface area contributed by atoms with Crippen LogP contribution in [0.1, 0.15) is 5.56 Å². The number of nitrogens with zero attached hydrogens (tertiary/aromatic N) is 1. The third kappa shape index (κ3) is 5.90. The number of aliphatic imine (C=N–C) groups is 1. The minimum absolute atomic E-state index is 0.577. The highest BCUT2D eigenvalue weighted by molar-refractivity contribution is 5.79. The summed E-state index contributed by atoms with van der Waals surface area (Å²) in [5.74, 6) is 2.47. The molecule has 2 aromatic carbocycles. The van der Waals surface area contributed by atoms with Crippen LogP contribution in [0.2, 0.25) is 0 Å². The molecule has 0 bridgehead atoms. The SMILES string of the molecule is CN=C(NCCOc1ccccc1)NCc1ccc(OC)cc1. The minimum atomic E-state index is 0.577. The number of benzene rings is 2. The molecule has 0 radical (unpaired) electrons. The highest BCUT2D eigenvalue weighted by Crippen LogP contribution is 2.10. The van der Waals surface area contributed by atoms with E-state index in [1.54, 1.807) is 14.2 Å². The van der Waals surface area contributed by atoms with Crippen LogP contribution >= 0.6 is 0 Å². The predicted molar refractivity (Wildman–Crippen MR) is 93.1 cm³/mol. The van der Waals surface area contributed by atoms with E-state index < -0.39 is 0 Å². The molecule has 122 valence electrons. The zero-order chi connectivity index (χ0) is 16.3. The average Bonchev–Trinajstić information content (AvgIpc) is 2.62. The molecule has 0 aliphatic heterocycles. The Morgan fingerprint density at radius 3 is 2.35 bits per heavy atom. The quantitative estimate of drug-likeness (QED) is 0.468. The van der Waals surface area contributed by atoms with Gasteiger partial charge in [0, 0.05) is 13.6 Å². The standard InChI is InChI=1S/C18H23N3O2/c1-19-18(20-12-13-23-17-6-4-3-5-7-17)21-14-15-8-10-16(22-2)11-9-15/h3-11H,12-14H2,1-2H3,(H2,19,20,21). The van der Waals surface area contributed by atoms with Crippen LogP contribution in [0.3, 0.4) is 0 Å². The Hall–Kier alpha value is -2.69. The van der Waals surface area contributed by atoms with Crippen LogP contribution < -0.4 is 20.1 Å². The molecule has 0 spiro atoms. The summed E-state index contributed by atoms with van der Waals surface area (Å²) in [5, 5.41) is 6.49. The third-order valence-corrected chi connectivity index (χ3v) is 3.25. The van der Waals surface area contributed by atoms with Gasteiger partial charge in [-0.25, -0.2) is 0 Å². The number of rotatable bonds is 7. The molecule has 0 fully saturated rings. The molecule has 0 atom stereocenters. The van der Waals surface area contributed by atoms with Crippen molar-refractivity contribution in [2.24, 2.45) is 4.99 Å². The first kappa shape index (κ1) is 16.7. The number of hydrogen-bond acceptors (Lipinski definition) is 3. The van der Waals surface area contributed by atoms with Crippen molar-refractivity contribution >= 4 is 5.96 Å². The van der Waals surface area contributed by atoms with Gasteiger partial charge in [0.25, 0.3) is 0 Å². The minimum Gasteiger partial charge on any atom is -0.497 e. The van der Waals surface area contributed by atoms with E-state index in [0.717, 1.165) is 23.0 Å². The first-order chi connectivity index (χ1) is 11.3. The summed E-state index contributed by atoms with van der Waals surface area (Å²) in [5.41, 5.74) is 1.16. The number of ether oxygens (including phenoxy) is 2. The van der Waals surface area contributed by atoms with Crippen molar-refractivity contribution in [1.29, 1.82) is 0 Å². The largest absolute Gasteiger partial charge is 0.497 e. The van der Waals surface area contributed by atoms with E-state index in [9.17, 15) is 0 Å². The zero-order valence-corrected chi connectivity index (χ0v) is 13.6. The lowest BCUT2D eigenvalue weighted by Crippen LogP contribution is -2.38. The van der Waals surface area contributed by atoms with Gasteiger partial charge in [-0.15, -0.1) is 0 Å². The number of nitrogens with one attached hydrogen (secondary N) is 2.